The van der Waals surface area contributed by atoms with E-state index in [9.17, 15) is 0 Å². The Balaban J connectivity index is 2.42. The summed E-state index contributed by atoms with van der Waals surface area (Å²) in [4.78, 5) is 2.17. The largest absolute Gasteiger partial charge is 0.148 e. The molecule has 2 rings (SSSR count). The van der Waals surface area contributed by atoms with E-state index in [-0.39, 0.29) is 0 Å². The highest BCUT2D eigenvalue weighted by atomic mass is 79.9. The Bertz CT molecular complexity index is 263. The summed E-state index contributed by atoms with van der Waals surface area (Å²) in [6.07, 6.45) is 4.00. The van der Waals surface area contributed by atoms with Crippen molar-refractivity contribution in [3.8, 4) is 0 Å². The lowest BCUT2D eigenvalue weighted by Crippen LogP contribution is -1.85. The zero-order valence-electron chi connectivity index (χ0n) is 6.56. The molecule has 0 amide bonds. The molecule has 1 unspecified atom stereocenters. The third-order valence-corrected chi connectivity index (χ3v) is 3.87. The van der Waals surface area contributed by atoms with Gasteiger partial charge in [-0.15, -0.1) is 11.3 Å². The van der Waals surface area contributed by atoms with Crippen LogP contribution in [0.5, 0.6) is 0 Å². The number of hydrogen-bond donors (Lipinski definition) is 0. The molecular formula is C9H11BrS. The maximum atomic E-state index is 3.62. The predicted molar refractivity (Wildman–Crippen MR) is 53.7 cm³/mol. The molecule has 2 heteroatoms. The van der Waals surface area contributed by atoms with Gasteiger partial charge in [0.1, 0.15) is 0 Å². The van der Waals surface area contributed by atoms with Gasteiger partial charge in [0.15, 0.2) is 0 Å². The number of halogens is 1. The molecule has 0 N–H and O–H groups in total. The Morgan fingerprint density at radius 1 is 1.55 bits per heavy atom. The van der Waals surface area contributed by atoms with Gasteiger partial charge in [0, 0.05) is 9.70 Å². The molecule has 0 radical (unpaired) electrons. The number of rotatable bonds is 1. The van der Waals surface area contributed by atoms with Gasteiger partial charge in [0.05, 0.1) is 0 Å². The van der Waals surface area contributed by atoms with Crippen LogP contribution in [-0.2, 0) is 12.8 Å². The Hall–Kier alpha value is 0.180. The number of alkyl halides is 1. The van der Waals surface area contributed by atoms with Crippen LogP contribution in [-0.4, -0.2) is 0 Å². The van der Waals surface area contributed by atoms with Gasteiger partial charge in [-0.2, -0.15) is 0 Å². The van der Waals surface area contributed by atoms with Crippen molar-refractivity contribution >= 4 is 27.3 Å². The molecule has 1 heterocycles. The number of aryl methyl sites for hydroxylation is 1. The van der Waals surface area contributed by atoms with Crippen LogP contribution in [0.15, 0.2) is 5.38 Å². The highest BCUT2D eigenvalue weighted by Crippen LogP contribution is 2.37. The zero-order valence-corrected chi connectivity index (χ0v) is 8.96. The van der Waals surface area contributed by atoms with Crippen LogP contribution in [0.1, 0.15) is 34.2 Å². The van der Waals surface area contributed by atoms with E-state index < -0.39 is 0 Å². The Labute approximate surface area is 79.8 Å². The first kappa shape index (κ1) is 7.81. The van der Waals surface area contributed by atoms with Gasteiger partial charge in [-0.05, 0) is 42.7 Å². The highest BCUT2D eigenvalue weighted by Gasteiger charge is 2.18. The van der Waals surface area contributed by atoms with E-state index in [1.54, 1.807) is 10.4 Å². The molecule has 0 saturated heterocycles. The van der Waals surface area contributed by atoms with Gasteiger partial charge in [-0.25, -0.2) is 0 Å². The quantitative estimate of drug-likeness (QED) is 0.646. The van der Waals surface area contributed by atoms with E-state index in [4.69, 9.17) is 0 Å². The van der Waals surface area contributed by atoms with Crippen LogP contribution in [0.2, 0.25) is 0 Å². The molecule has 1 aromatic rings. The lowest BCUT2D eigenvalue weighted by Gasteiger charge is -2.01. The average molecular weight is 231 g/mol. The van der Waals surface area contributed by atoms with Crippen molar-refractivity contribution in [2.24, 2.45) is 0 Å². The first-order valence-corrected chi connectivity index (χ1v) is 5.82. The van der Waals surface area contributed by atoms with Crippen LogP contribution in [0, 0.1) is 0 Å². The van der Waals surface area contributed by atoms with Crippen molar-refractivity contribution in [2.75, 3.05) is 0 Å². The molecule has 1 aromatic heterocycles. The van der Waals surface area contributed by atoms with Gasteiger partial charge >= 0.3 is 0 Å². The van der Waals surface area contributed by atoms with Crippen molar-refractivity contribution in [3.05, 3.63) is 21.4 Å². The van der Waals surface area contributed by atoms with Gasteiger partial charge in [-0.1, -0.05) is 15.9 Å². The van der Waals surface area contributed by atoms with Crippen LogP contribution in [0.25, 0.3) is 0 Å². The lowest BCUT2D eigenvalue weighted by molar-refractivity contribution is 0.905. The second kappa shape index (κ2) is 2.91. The Morgan fingerprint density at radius 3 is 3.09 bits per heavy atom. The third-order valence-electron chi connectivity index (χ3n) is 2.27. The van der Waals surface area contributed by atoms with Crippen molar-refractivity contribution < 1.29 is 0 Å². The fourth-order valence-electron chi connectivity index (χ4n) is 1.69. The maximum Gasteiger partial charge on any atom is 0.0378 e. The van der Waals surface area contributed by atoms with Crippen LogP contribution in [0.4, 0.5) is 0 Å². The molecule has 1 aliphatic carbocycles. The summed E-state index contributed by atoms with van der Waals surface area (Å²) in [5, 5.41) is 2.31. The molecule has 11 heavy (non-hydrogen) atoms. The van der Waals surface area contributed by atoms with Gasteiger partial charge in [0.25, 0.3) is 0 Å². The van der Waals surface area contributed by atoms with Crippen molar-refractivity contribution in [3.63, 3.8) is 0 Å². The molecule has 0 aromatic carbocycles. The van der Waals surface area contributed by atoms with E-state index in [2.05, 4.69) is 28.2 Å². The second-order valence-electron chi connectivity index (χ2n) is 3.06. The minimum atomic E-state index is 0.542. The number of hydrogen-bond acceptors (Lipinski definition) is 1. The van der Waals surface area contributed by atoms with Crippen molar-refractivity contribution in [1.82, 2.24) is 0 Å². The summed E-state index contributed by atoms with van der Waals surface area (Å²) in [5.74, 6) is 0. The van der Waals surface area contributed by atoms with E-state index in [1.165, 1.54) is 24.8 Å². The molecule has 0 fully saturated rings. The van der Waals surface area contributed by atoms with Crippen LogP contribution >= 0.6 is 27.3 Å². The van der Waals surface area contributed by atoms with E-state index in [0.717, 1.165) is 0 Å². The second-order valence-corrected chi connectivity index (χ2v) is 5.40. The highest BCUT2D eigenvalue weighted by molar-refractivity contribution is 9.09. The fraction of sp³-hybridized carbons (Fsp3) is 0.556. The zero-order chi connectivity index (χ0) is 7.84. The standard InChI is InChI=1S/C9H11BrS/c1-6(10)8-5-11-9-4-2-3-7(8)9/h5-6H,2-4H2,1H3. The molecule has 0 aliphatic heterocycles. The minimum absolute atomic E-state index is 0.542. The first-order valence-electron chi connectivity index (χ1n) is 4.02. The van der Waals surface area contributed by atoms with Gasteiger partial charge in [-0.3, -0.25) is 0 Å². The minimum Gasteiger partial charge on any atom is -0.148 e. The summed E-state index contributed by atoms with van der Waals surface area (Å²) in [5.41, 5.74) is 3.17. The molecule has 60 valence electrons. The molecule has 1 aliphatic rings. The Morgan fingerprint density at radius 2 is 2.36 bits per heavy atom. The van der Waals surface area contributed by atoms with Crippen LogP contribution in [0.3, 0.4) is 0 Å². The molecule has 0 saturated carbocycles. The summed E-state index contributed by atoms with van der Waals surface area (Å²) < 4.78 is 0. The van der Waals surface area contributed by atoms with Gasteiger partial charge < -0.3 is 0 Å². The summed E-state index contributed by atoms with van der Waals surface area (Å²) >= 11 is 5.56. The Kier molecular flexibility index (Phi) is 2.06. The molecule has 0 nitrogen and oxygen atoms in total. The first-order chi connectivity index (χ1) is 5.29. The summed E-state index contributed by atoms with van der Waals surface area (Å²) in [6, 6.07) is 0. The third kappa shape index (κ3) is 1.27. The number of thiophene rings is 1. The SMILES string of the molecule is CC(Br)c1csc2c1CCC2. The molecule has 1 atom stereocenters. The monoisotopic (exact) mass is 230 g/mol. The summed E-state index contributed by atoms with van der Waals surface area (Å²) in [6.45, 7) is 2.21. The molecule has 0 bridgehead atoms. The fourth-order valence-corrected chi connectivity index (χ4v) is 3.51. The number of fused-ring (bicyclic) bond motifs is 1. The molecule has 0 spiro atoms. The lowest BCUT2D eigenvalue weighted by atomic mass is 10.1. The van der Waals surface area contributed by atoms with E-state index >= 15 is 0 Å². The van der Waals surface area contributed by atoms with E-state index in [0.29, 0.717) is 4.83 Å². The maximum absolute atomic E-state index is 3.62. The van der Waals surface area contributed by atoms with Crippen LogP contribution < -0.4 is 0 Å². The van der Waals surface area contributed by atoms with E-state index in [1.807, 2.05) is 11.3 Å². The predicted octanol–water partition coefficient (Wildman–Crippen LogP) is 3.69. The molecular weight excluding hydrogens is 220 g/mol. The average Bonchev–Trinajstić information content (AvgIpc) is 2.41. The van der Waals surface area contributed by atoms with Crippen molar-refractivity contribution in [1.29, 1.82) is 0 Å². The normalized spacial score (nSPS) is 18.4. The topological polar surface area (TPSA) is 0 Å². The summed E-state index contributed by atoms with van der Waals surface area (Å²) in [7, 11) is 0. The smallest absolute Gasteiger partial charge is 0.0378 e. The van der Waals surface area contributed by atoms with Gasteiger partial charge in [0.2, 0.25) is 0 Å². The van der Waals surface area contributed by atoms with Crippen molar-refractivity contribution in [2.45, 2.75) is 31.0 Å².